The number of aromatic amines is 1. The lowest BCUT2D eigenvalue weighted by Crippen LogP contribution is -2.44. The monoisotopic (exact) mass is 244 g/mol. The summed E-state index contributed by atoms with van der Waals surface area (Å²) in [4.78, 5) is 22.8. The summed E-state index contributed by atoms with van der Waals surface area (Å²) < 4.78 is 0. The molecule has 2 heterocycles. The van der Waals surface area contributed by atoms with Crippen LogP contribution in [0, 0.1) is 0 Å². The van der Waals surface area contributed by atoms with Gasteiger partial charge in [-0.3, -0.25) is 4.79 Å². The highest BCUT2D eigenvalue weighted by atomic mass is 16.1. The first-order valence-electron chi connectivity index (χ1n) is 6.15. The van der Waals surface area contributed by atoms with Gasteiger partial charge in [0.1, 0.15) is 0 Å². The lowest BCUT2D eigenvalue weighted by molar-refractivity contribution is 0.111. The summed E-state index contributed by atoms with van der Waals surface area (Å²) >= 11 is 0. The van der Waals surface area contributed by atoms with Crippen molar-refractivity contribution < 1.29 is 4.79 Å². The molecule has 0 radical (unpaired) electrons. The number of hydrogen-bond acceptors (Lipinski definition) is 4. The van der Waals surface area contributed by atoms with Crippen molar-refractivity contribution in [3.63, 3.8) is 0 Å². The Morgan fingerprint density at radius 1 is 1.28 bits per heavy atom. The van der Waals surface area contributed by atoms with E-state index in [0.717, 1.165) is 49.2 Å². The van der Waals surface area contributed by atoms with Crippen molar-refractivity contribution in [2.24, 2.45) is 0 Å². The lowest BCUT2D eigenvalue weighted by atomic mass is 10.2. The van der Waals surface area contributed by atoms with Gasteiger partial charge in [0.15, 0.2) is 12.1 Å². The molecule has 1 fully saturated rings. The van der Waals surface area contributed by atoms with Crippen molar-refractivity contribution in [3.05, 3.63) is 24.0 Å². The number of aldehydes is 1. The van der Waals surface area contributed by atoms with Crippen molar-refractivity contribution >= 4 is 23.0 Å². The molecule has 1 aromatic heterocycles. The standard InChI is InChI=1S/C13H16N4O/c1-16-5-7-17(8-6-16)11-4-2-3-10-13(11)15-12(9-18)14-10/h2-4,9H,5-8H2,1H3,(H,14,15). The number of piperazine rings is 1. The number of H-pyrrole nitrogens is 1. The Balaban J connectivity index is 2.00. The molecule has 0 spiro atoms. The molecule has 94 valence electrons. The fourth-order valence-corrected chi connectivity index (χ4v) is 2.40. The first-order chi connectivity index (χ1) is 8.78. The van der Waals surface area contributed by atoms with Gasteiger partial charge in [-0.2, -0.15) is 0 Å². The van der Waals surface area contributed by atoms with E-state index in [0.29, 0.717) is 5.82 Å². The zero-order valence-corrected chi connectivity index (χ0v) is 10.4. The molecule has 2 aromatic rings. The van der Waals surface area contributed by atoms with Crippen molar-refractivity contribution in [2.75, 3.05) is 38.1 Å². The Morgan fingerprint density at radius 2 is 2.06 bits per heavy atom. The molecule has 0 unspecified atom stereocenters. The molecular weight excluding hydrogens is 228 g/mol. The van der Waals surface area contributed by atoms with Gasteiger partial charge in [0.2, 0.25) is 0 Å². The van der Waals surface area contributed by atoms with E-state index in [1.807, 2.05) is 12.1 Å². The molecule has 18 heavy (non-hydrogen) atoms. The zero-order chi connectivity index (χ0) is 12.5. The third-order valence-corrected chi connectivity index (χ3v) is 3.47. The largest absolute Gasteiger partial charge is 0.367 e. The maximum Gasteiger partial charge on any atom is 0.185 e. The Hall–Kier alpha value is -1.88. The molecule has 5 heteroatoms. The number of anilines is 1. The molecule has 0 bridgehead atoms. The third-order valence-electron chi connectivity index (χ3n) is 3.47. The Bertz CT molecular complexity index is 569. The normalized spacial score (nSPS) is 17.3. The van der Waals surface area contributed by atoms with E-state index < -0.39 is 0 Å². The minimum Gasteiger partial charge on any atom is -0.367 e. The van der Waals surface area contributed by atoms with Gasteiger partial charge in [-0.25, -0.2) is 4.98 Å². The fraction of sp³-hybridized carbons (Fsp3) is 0.385. The van der Waals surface area contributed by atoms with Crippen LogP contribution >= 0.6 is 0 Å². The predicted molar refractivity (Wildman–Crippen MR) is 71.2 cm³/mol. The smallest absolute Gasteiger partial charge is 0.185 e. The number of para-hydroxylation sites is 1. The molecule has 0 aliphatic carbocycles. The number of benzene rings is 1. The van der Waals surface area contributed by atoms with Crippen molar-refractivity contribution in [1.82, 2.24) is 14.9 Å². The number of likely N-dealkylation sites (N-methyl/N-ethyl adjacent to an activating group) is 1. The number of hydrogen-bond donors (Lipinski definition) is 1. The molecule has 5 nitrogen and oxygen atoms in total. The Labute approximate surface area is 105 Å². The number of imidazole rings is 1. The van der Waals surface area contributed by atoms with E-state index in [1.165, 1.54) is 0 Å². The first-order valence-corrected chi connectivity index (χ1v) is 6.15. The van der Waals surface area contributed by atoms with Gasteiger partial charge in [0.05, 0.1) is 16.7 Å². The highest BCUT2D eigenvalue weighted by molar-refractivity contribution is 5.91. The molecule has 1 aliphatic rings. The molecule has 1 N–H and O–H groups in total. The SMILES string of the molecule is CN1CCN(c2cccc3nc(C=O)[nH]c23)CC1. The van der Waals surface area contributed by atoms with Gasteiger partial charge < -0.3 is 14.8 Å². The van der Waals surface area contributed by atoms with Gasteiger partial charge in [-0.05, 0) is 19.2 Å². The van der Waals surface area contributed by atoms with Crippen LogP contribution in [0.2, 0.25) is 0 Å². The van der Waals surface area contributed by atoms with Crippen LogP contribution in [-0.4, -0.2) is 54.4 Å². The average Bonchev–Trinajstić information content (AvgIpc) is 2.82. The second-order valence-corrected chi connectivity index (χ2v) is 4.70. The molecule has 0 atom stereocenters. The topological polar surface area (TPSA) is 52.2 Å². The Kier molecular flexibility index (Phi) is 2.76. The van der Waals surface area contributed by atoms with Gasteiger partial charge in [0, 0.05) is 26.2 Å². The Morgan fingerprint density at radius 3 is 2.78 bits per heavy atom. The summed E-state index contributed by atoms with van der Waals surface area (Å²) in [6.07, 6.45) is 0.758. The van der Waals surface area contributed by atoms with E-state index in [9.17, 15) is 4.79 Å². The number of nitrogens with zero attached hydrogens (tertiary/aromatic N) is 3. The van der Waals surface area contributed by atoms with E-state index in [4.69, 9.17) is 0 Å². The number of aromatic nitrogens is 2. The highest BCUT2D eigenvalue weighted by Gasteiger charge is 2.17. The maximum absolute atomic E-state index is 10.8. The van der Waals surface area contributed by atoms with Crippen LogP contribution in [0.1, 0.15) is 10.6 Å². The van der Waals surface area contributed by atoms with E-state index in [1.54, 1.807) is 0 Å². The maximum atomic E-state index is 10.8. The summed E-state index contributed by atoms with van der Waals surface area (Å²) in [6, 6.07) is 6.00. The highest BCUT2D eigenvalue weighted by Crippen LogP contribution is 2.25. The van der Waals surface area contributed by atoms with E-state index in [2.05, 4.69) is 32.9 Å². The first kappa shape index (κ1) is 11.2. The molecule has 0 amide bonds. The zero-order valence-electron chi connectivity index (χ0n) is 10.4. The van der Waals surface area contributed by atoms with Crippen LogP contribution in [0.25, 0.3) is 11.0 Å². The van der Waals surface area contributed by atoms with Crippen LogP contribution in [0.3, 0.4) is 0 Å². The van der Waals surface area contributed by atoms with Crippen molar-refractivity contribution in [2.45, 2.75) is 0 Å². The van der Waals surface area contributed by atoms with Gasteiger partial charge >= 0.3 is 0 Å². The summed E-state index contributed by atoms with van der Waals surface area (Å²) in [5.74, 6) is 0.395. The number of rotatable bonds is 2. The average molecular weight is 244 g/mol. The molecule has 3 rings (SSSR count). The molecule has 1 aliphatic heterocycles. The molecule has 1 saturated heterocycles. The third kappa shape index (κ3) is 1.86. The lowest BCUT2D eigenvalue weighted by Gasteiger charge is -2.34. The predicted octanol–water partition coefficient (Wildman–Crippen LogP) is 1.13. The summed E-state index contributed by atoms with van der Waals surface area (Å²) in [5.41, 5.74) is 2.96. The molecular formula is C13H16N4O. The van der Waals surface area contributed by atoms with Gasteiger partial charge in [-0.15, -0.1) is 0 Å². The molecule has 0 saturated carbocycles. The van der Waals surface area contributed by atoms with E-state index in [-0.39, 0.29) is 0 Å². The molecule has 1 aromatic carbocycles. The van der Waals surface area contributed by atoms with Crippen LogP contribution in [0.4, 0.5) is 5.69 Å². The minimum absolute atomic E-state index is 0.395. The number of carbonyl (C=O) groups is 1. The van der Waals surface area contributed by atoms with Crippen LogP contribution in [0.5, 0.6) is 0 Å². The minimum atomic E-state index is 0.395. The summed E-state index contributed by atoms with van der Waals surface area (Å²) in [7, 11) is 2.14. The number of carbonyl (C=O) groups excluding carboxylic acids is 1. The summed E-state index contributed by atoms with van der Waals surface area (Å²) in [5, 5.41) is 0. The van der Waals surface area contributed by atoms with Gasteiger partial charge in [-0.1, -0.05) is 6.07 Å². The second kappa shape index (κ2) is 4.42. The van der Waals surface area contributed by atoms with Crippen molar-refractivity contribution in [3.8, 4) is 0 Å². The van der Waals surface area contributed by atoms with Crippen molar-refractivity contribution in [1.29, 1.82) is 0 Å². The quantitative estimate of drug-likeness (QED) is 0.805. The van der Waals surface area contributed by atoms with Gasteiger partial charge in [0.25, 0.3) is 0 Å². The van der Waals surface area contributed by atoms with E-state index >= 15 is 0 Å². The van der Waals surface area contributed by atoms with Crippen LogP contribution < -0.4 is 4.90 Å². The van der Waals surface area contributed by atoms with Crippen LogP contribution in [-0.2, 0) is 0 Å². The summed E-state index contributed by atoms with van der Waals surface area (Å²) in [6.45, 7) is 4.13. The van der Waals surface area contributed by atoms with Crippen LogP contribution in [0.15, 0.2) is 18.2 Å². The number of fused-ring (bicyclic) bond motifs is 1. The fourth-order valence-electron chi connectivity index (χ4n) is 2.40. The number of nitrogens with one attached hydrogen (secondary N) is 1. The second-order valence-electron chi connectivity index (χ2n) is 4.70.